The third-order valence-corrected chi connectivity index (χ3v) is 6.49. The molecule has 3 aromatic rings. The summed E-state index contributed by atoms with van der Waals surface area (Å²) in [7, 11) is 0. The molecular formula is C30H34O6. The molecule has 4 atom stereocenters. The van der Waals surface area contributed by atoms with Crippen molar-refractivity contribution in [1.82, 2.24) is 0 Å². The lowest BCUT2D eigenvalue weighted by Crippen LogP contribution is -2.64. The Hall–Kier alpha value is -2.58. The molecule has 6 nitrogen and oxygen atoms in total. The van der Waals surface area contributed by atoms with Crippen LogP contribution < -0.4 is 0 Å². The molecule has 0 aliphatic carbocycles. The Morgan fingerprint density at radius 2 is 1.17 bits per heavy atom. The normalized spacial score (nSPS) is 27.3. The van der Waals surface area contributed by atoms with Crippen LogP contribution in [0, 0.1) is 0 Å². The van der Waals surface area contributed by atoms with Gasteiger partial charge in [0.2, 0.25) is 5.79 Å². The van der Waals surface area contributed by atoms with Gasteiger partial charge in [-0.15, -0.1) is 0 Å². The van der Waals surface area contributed by atoms with Gasteiger partial charge >= 0.3 is 0 Å². The van der Waals surface area contributed by atoms with E-state index in [2.05, 4.69) is 0 Å². The Labute approximate surface area is 213 Å². The summed E-state index contributed by atoms with van der Waals surface area (Å²) in [5.74, 6) is -1.89. The molecule has 0 saturated carbocycles. The van der Waals surface area contributed by atoms with Crippen molar-refractivity contribution >= 4 is 0 Å². The molecule has 36 heavy (non-hydrogen) atoms. The summed E-state index contributed by atoms with van der Waals surface area (Å²) in [6, 6.07) is 30.3. The van der Waals surface area contributed by atoms with Gasteiger partial charge in [-0.3, -0.25) is 0 Å². The van der Waals surface area contributed by atoms with E-state index in [1.807, 2.05) is 105 Å². The second-order valence-electron chi connectivity index (χ2n) is 9.73. The first-order valence-corrected chi connectivity index (χ1v) is 12.5. The molecule has 0 unspecified atom stereocenters. The van der Waals surface area contributed by atoms with E-state index in [0.29, 0.717) is 26.4 Å². The van der Waals surface area contributed by atoms with Crippen LogP contribution in [0.2, 0.25) is 0 Å². The highest BCUT2D eigenvalue weighted by atomic mass is 16.8. The molecule has 2 aliphatic heterocycles. The highest BCUT2D eigenvalue weighted by Gasteiger charge is 2.60. The van der Waals surface area contributed by atoms with Crippen LogP contribution in [0.4, 0.5) is 0 Å². The minimum Gasteiger partial charge on any atom is -0.368 e. The maximum Gasteiger partial charge on any atom is 0.224 e. The maximum atomic E-state index is 6.56. The summed E-state index contributed by atoms with van der Waals surface area (Å²) < 4.78 is 38.2. The molecule has 1 spiro atoms. The average molecular weight is 491 g/mol. The van der Waals surface area contributed by atoms with Crippen molar-refractivity contribution in [3.05, 3.63) is 108 Å². The number of hydrogen-bond acceptors (Lipinski definition) is 6. The zero-order valence-electron chi connectivity index (χ0n) is 20.9. The van der Waals surface area contributed by atoms with Crippen LogP contribution >= 0.6 is 0 Å². The highest BCUT2D eigenvalue weighted by molar-refractivity contribution is 5.16. The number of benzene rings is 3. The highest BCUT2D eigenvalue weighted by Crippen LogP contribution is 2.42. The predicted molar refractivity (Wildman–Crippen MR) is 135 cm³/mol. The molecule has 0 bridgehead atoms. The molecule has 3 aromatic carbocycles. The van der Waals surface area contributed by atoms with E-state index in [1.54, 1.807) is 0 Å². The molecule has 0 N–H and O–H groups in total. The Kier molecular flexibility index (Phi) is 7.82. The standard InChI is InChI=1S/C30H34O6/c1-29(2)35-22-30(36-29)28(33-20-25-16-10-5-11-17-25)27(32-19-24-14-8-4-9-15-24)26(21-34-30)31-18-23-12-6-3-7-13-23/h3-17,26-28H,18-22H2,1-2H3/t26-,27-,28+,30+/m1/s1. The van der Waals surface area contributed by atoms with E-state index in [4.69, 9.17) is 28.4 Å². The first-order valence-electron chi connectivity index (χ1n) is 12.5. The average Bonchev–Trinajstić information content (AvgIpc) is 3.22. The second-order valence-corrected chi connectivity index (χ2v) is 9.73. The van der Waals surface area contributed by atoms with Crippen LogP contribution in [0.15, 0.2) is 91.0 Å². The molecule has 0 amide bonds. The van der Waals surface area contributed by atoms with Gasteiger partial charge in [0.1, 0.15) is 24.9 Å². The molecule has 190 valence electrons. The van der Waals surface area contributed by atoms with Crippen LogP contribution in [-0.2, 0) is 48.2 Å². The van der Waals surface area contributed by atoms with Crippen molar-refractivity contribution in [1.29, 1.82) is 0 Å². The van der Waals surface area contributed by atoms with Crippen LogP contribution in [0.1, 0.15) is 30.5 Å². The van der Waals surface area contributed by atoms with Crippen LogP contribution in [0.5, 0.6) is 0 Å². The fourth-order valence-corrected chi connectivity index (χ4v) is 4.67. The zero-order valence-corrected chi connectivity index (χ0v) is 20.9. The van der Waals surface area contributed by atoms with Crippen molar-refractivity contribution < 1.29 is 28.4 Å². The minimum atomic E-state index is -1.09. The fraction of sp³-hybridized carbons (Fsp3) is 0.400. The number of ether oxygens (including phenoxy) is 6. The summed E-state index contributed by atoms with van der Waals surface area (Å²) in [4.78, 5) is 0. The molecule has 6 heteroatoms. The predicted octanol–water partition coefficient (Wildman–Crippen LogP) is 5.25. The van der Waals surface area contributed by atoms with Crippen molar-refractivity contribution in [3.63, 3.8) is 0 Å². The summed E-state index contributed by atoms with van der Waals surface area (Å²) in [6.07, 6.45) is -1.37. The van der Waals surface area contributed by atoms with Gasteiger partial charge in [0.05, 0.1) is 26.4 Å². The molecule has 2 fully saturated rings. The molecular weight excluding hydrogens is 456 g/mol. The van der Waals surface area contributed by atoms with E-state index < -0.39 is 23.8 Å². The van der Waals surface area contributed by atoms with Crippen LogP contribution in [-0.4, -0.2) is 43.1 Å². The molecule has 2 heterocycles. The largest absolute Gasteiger partial charge is 0.368 e. The summed E-state index contributed by atoms with van der Waals surface area (Å²) in [5.41, 5.74) is 3.22. The van der Waals surface area contributed by atoms with Gasteiger partial charge in [0, 0.05) is 0 Å². The monoisotopic (exact) mass is 490 g/mol. The summed E-state index contributed by atoms with van der Waals surface area (Å²) >= 11 is 0. The maximum absolute atomic E-state index is 6.56. The second kappa shape index (κ2) is 11.2. The first kappa shape index (κ1) is 25.1. The van der Waals surface area contributed by atoms with Crippen molar-refractivity contribution in [2.45, 2.75) is 63.6 Å². The fourth-order valence-electron chi connectivity index (χ4n) is 4.67. The van der Waals surface area contributed by atoms with Crippen LogP contribution in [0.3, 0.4) is 0 Å². The minimum absolute atomic E-state index is 0.246. The zero-order chi connectivity index (χ0) is 24.8. The van der Waals surface area contributed by atoms with Crippen molar-refractivity contribution in [2.75, 3.05) is 13.2 Å². The Morgan fingerprint density at radius 3 is 1.67 bits per heavy atom. The molecule has 2 saturated heterocycles. The van der Waals surface area contributed by atoms with E-state index in [9.17, 15) is 0 Å². The number of hydrogen-bond donors (Lipinski definition) is 0. The van der Waals surface area contributed by atoms with Crippen LogP contribution in [0.25, 0.3) is 0 Å². The lowest BCUT2D eigenvalue weighted by Gasteiger charge is -2.47. The first-order chi connectivity index (χ1) is 17.5. The van der Waals surface area contributed by atoms with Gasteiger partial charge in [-0.2, -0.15) is 0 Å². The van der Waals surface area contributed by atoms with Crippen molar-refractivity contribution in [3.8, 4) is 0 Å². The SMILES string of the molecule is CC1(C)OC[C@]2(OC[C@@H](OCc3ccccc3)[C@@H](OCc3ccccc3)[C@@H]2OCc2ccccc2)O1. The smallest absolute Gasteiger partial charge is 0.224 e. The Bertz CT molecular complexity index is 1070. The summed E-state index contributed by atoms with van der Waals surface area (Å²) in [6.45, 7) is 5.57. The van der Waals surface area contributed by atoms with E-state index in [1.165, 1.54) is 0 Å². The number of rotatable bonds is 9. The Morgan fingerprint density at radius 1 is 0.667 bits per heavy atom. The lowest BCUT2D eigenvalue weighted by molar-refractivity contribution is -0.356. The van der Waals surface area contributed by atoms with Gasteiger partial charge in [0.25, 0.3) is 0 Å². The van der Waals surface area contributed by atoms with Gasteiger partial charge in [-0.05, 0) is 30.5 Å². The van der Waals surface area contributed by atoms with Gasteiger partial charge in [-0.25, -0.2) is 0 Å². The van der Waals surface area contributed by atoms with Gasteiger partial charge in [-0.1, -0.05) is 91.0 Å². The molecule has 2 aliphatic rings. The van der Waals surface area contributed by atoms with Gasteiger partial charge in [0.15, 0.2) is 5.79 Å². The van der Waals surface area contributed by atoms with Crippen molar-refractivity contribution in [2.24, 2.45) is 0 Å². The lowest BCUT2D eigenvalue weighted by atomic mass is 9.96. The van der Waals surface area contributed by atoms with Gasteiger partial charge < -0.3 is 28.4 Å². The van der Waals surface area contributed by atoms with E-state index in [0.717, 1.165) is 16.7 Å². The van der Waals surface area contributed by atoms with E-state index >= 15 is 0 Å². The summed E-state index contributed by atoms with van der Waals surface area (Å²) in [5, 5.41) is 0. The van der Waals surface area contributed by atoms with E-state index in [-0.39, 0.29) is 12.7 Å². The third kappa shape index (κ3) is 6.03. The molecule has 0 radical (unpaired) electrons. The Balaban J connectivity index is 1.41. The quantitative estimate of drug-likeness (QED) is 0.408. The topological polar surface area (TPSA) is 55.4 Å². The molecule has 0 aromatic heterocycles. The molecule has 5 rings (SSSR count). The third-order valence-electron chi connectivity index (χ3n) is 6.49.